The molecule has 0 radical (unpaired) electrons. The second kappa shape index (κ2) is 4.01. The van der Waals surface area contributed by atoms with E-state index in [9.17, 15) is 0 Å². The molecule has 0 aromatic rings. The van der Waals surface area contributed by atoms with Gasteiger partial charge in [0, 0.05) is 5.57 Å². The Hall–Kier alpha value is -0.700. The van der Waals surface area contributed by atoms with Crippen molar-refractivity contribution in [1.82, 2.24) is 0 Å². The van der Waals surface area contributed by atoms with Crippen LogP contribution in [0.5, 0.6) is 0 Å². The minimum Gasteiger partial charge on any atom is -0.461 e. The molecule has 2 rings (SSSR count). The van der Waals surface area contributed by atoms with Crippen LogP contribution in [-0.4, -0.2) is 24.4 Å². The van der Waals surface area contributed by atoms with Crippen molar-refractivity contribution in [3.05, 3.63) is 11.5 Å². The van der Waals surface area contributed by atoms with Gasteiger partial charge in [0.2, 0.25) is 0 Å². The van der Waals surface area contributed by atoms with E-state index in [2.05, 4.69) is 0 Å². The Kier molecular flexibility index (Phi) is 2.74. The van der Waals surface area contributed by atoms with Crippen molar-refractivity contribution in [3.63, 3.8) is 0 Å². The molecule has 2 fully saturated rings. The molecule has 1 atom stereocenters. The first kappa shape index (κ1) is 8.88. The minimum absolute atomic E-state index is 0.0524. The van der Waals surface area contributed by atoms with Crippen molar-refractivity contribution >= 4 is 0 Å². The van der Waals surface area contributed by atoms with Crippen LogP contribution >= 0.6 is 0 Å². The quantitative estimate of drug-likeness (QED) is 0.672. The van der Waals surface area contributed by atoms with Gasteiger partial charge in [-0.05, 0) is 25.7 Å². The van der Waals surface area contributed by atoms with E-state index in [4.69, 9.17) is 14.6 Å². The third kappa shape index (κ3) is 1.97. The summed E-state index contributed by atoms with van der Waals surface area (Å²) in [7, 11) is 0. The van der Waals surface area contributed by atoms with Gasteiger partial charge in [0.05, 0.1) is 6.61 Å². The lowest BCUT2D eigenvalue weighted by Gasteiger charge is -2.14. The standard InChI is InChI=1S/C10H16O3/c11-6-9-7-12-10(13-9)8-4-2-1-3-5-8/h9,11H,1-7H2. The van der Waals surface area contributed by atoms with E-state index in [0.717, 1.165) is 12.8 Å². The number of rotatable bonds is 1. The van der Waals surface area contributed by atoms with Crippen molar-refractivity contribution in [2.45, 2.75) is 38.2 Å². The Morgan fingerprint density at radius 2 is 2.00 bits per heavy atom. The summed E-state index contributed by atoms with van der Waals surface area (Å²) in [4.78, 5) is 0. The first-order valence-corrected chi connectivity index (χ1v) is 5.02. The predicted molar refractivity (Wildman–Crippen MR) is 48.0 cm³/mol. The lowest BCUT2D eigenvalue weighted by Crippen LogP contribution is -2.13. The van der Waals surface area contributed by atoms with Crippen molar-refractivity contribution in [2.24, 2.45) is 0 Å². The number of ether oxygens (including phenoxy) is 2. The normalized spacial score (nSPS) is 28.5. The Morgan fingerprint density at radius 3 is 2.62 bits per heavy atom. The first-order chi connectivity index (χ1) is 6.40. The summed E-state index contributed by atoms with van der Waals surface area (Å²) in [5.74, 6) is 0.707. The van der Waals surface area contributed by atoms with Crippen LogP contribution in [0.1, 0.15) is 32.1 Å². The molecule has 1 unspecified atom stereocenters. The highest BCUT2D eigenvalue weighted by molar-refractivity contribution is 5.07. The number of aliphatic hydroxyl groups is 1. The van der Waals surface area contributed by atoms with Gasteiger partial charge in [0.15, 0.2) is 6.10 Å². The average molecular weight is 184 g/mol. The predicted octanol–water partition coefficient (Wildman–Crippen LogP) is 1.57. The van der Waals surface area contributed by atoms with Crippen LogP contribution in [0, 0.1) is 0 Å². The van der Waals surface area contributed by atoms with Crippen LogP contribution in [0.15, 0.2) is 11.5 Å². The van der Waals surface area contributed by atoms with E-state index in [-0.39, 0.29) is 12.7 Å². The lowest BCUT2D eigenvalue weighted by molar-refractivity contribution is 0.0894. The molecular formula is C10H16O3. The fourth-order valence-electron chi connectivity index (χ4n) is 1.85. The summed E-state index contributed by atoms with van der Waals surface area (Å²) < 4.78 is 10.9. The van der Waals surface area contributed by atoms with Gasteiger partial charge in [0.1, 0.15) is 6.61 Å². The van der Waals surface area contributed by atoms with Gasteiger partial charge >= 0.3 is 0 Å². The van der Waals surface area contributed by atoms with Crippen LogP contribution in [-0.2, 0) is 9.47 Å². The third-order valence-corrected chi connectivity index (χ3v) is 2.62. The van der Waals surface area contributed by atoms with Crippen molar-refractivity contribution in [3.8, 4) is 0 Å². The summed E-state index contributed by atoms with van der Waals surface area (Å²) in [5, 5.41) is 8.85. The third-order valence-electron chi connectivity index (χ3n) is 2.62. The van der Waals surface area contributed by atoms with Gasteiger partial charge < -0.3 is 14.6 Å². The van der Waals surface area contributed by atoms with E-state index >= 15 is 0 Å². The maximum absolute atomic E-state index is 8.85. The summed E-state index contributed by atoms with van der Waals surface area (Å²) in [6.45, 7) is 0.562. The summed E-state index contributed by atoms with van der Waals surface area (Å²) in [6, 6.07) is 0. The lowest BCUT2D eigenvalue weighted by atomic mass is 9.96. The Morgan fingerprint density at radius 1 is 1.23 bits per heavy atom. The van der Waals surface area contributed by atoms with E-state index in [1.54, 1.807) is 0 Å². The highest BCUT2D eigenvalue weighted by atomic mass is 16.7. The Labute approximate surface area is 78.3 Å². The maximum atomic E-state index is 8.85. The maximum Gasteiger partial charge on any atom is 0.278 e. The van der Waals surface area contributed by atoms with Crippen molar-refractivity contribution in [2.75, 3.05) is 13.2 Å². The number of hydrogen-bond acceptors (Lipinski definition) is 3. The number of allylic oxidation sites excluding steroid dienone is 1. The molecule has 1 heterocycles. The van der Waals surface area contributed by atoms with Gasteiger partial charge in [-0.15, -0.1) is 0 Å². The molecule has 0 amide bonds. The Bertz CT molecular complexity index is 202. The molecule has 3 nitrogen and oxygen atoms in total. The summed E-state index contributed by atoms with van der Waals surface area (Å²) in [5.41, 5.74) is 1.31. The number of aliphatic hydroxyl groups excluding tert-OH is 1. The summed E-state index contributed by atoms with van der Waals surface area (Å²) in [6.07, 6.45) is 5.88. The van der Waals surface area contributed by atoms with Gasteiger partial charge in [0.25, 0.3) is 5.95 Å². The van der Waals surface area contributed by atoms with E-state index in [0.29, 0.717) is 12.6 Å². The molecule has 0 spiro atoms. The molecule has 0 aromatic carbocycles. The molecule has 3 heteroatoms. The van der Waals surface area contributed by atoms with Crippen molar-refractivity contribution < 1.29 is 14.6 Å². The van der Waals surface area contributed by atoms with Crippen LogP contribution in [0.25, 0.3) is 0 Å². The zero-order valence-corrected chi connectivity index (χ0v) is 7.79. The molecule has 1 aliphatic heterocycles. The zero-order valence-electron chi connectivity index (χ0n) is 7.79. The van der Waals surface area contributed by atoms with Gasteiger partial charge in [-0.1, -0.05) is 6.42 Å². The smallest absolute Gasteiger partial charge is 0.278 e. The highest BCUT2D eigenvalue weighted by Gasteiger charge is 2.24. The molecular weight excluding hydrogens is 168 g/mol. The van der Waals surface area contributed by atoms with Crippen LogP contribution < -0.4 is 0 Å². The summed E-state index contributed by atoms with van der Waals surface area (Å²) >= 11 is 0. The average Bonchev–Trinajstić information content (AvgIpc) is 2.67. The van der Waals surface area contributed by atoms with E-state index in [1.165, 1.54) is 24.8 Å². The largest absolute Gasteiger partial charge is 0.461 e. The van der Waals surface area contributed by atoms with Crippen LogP contribution in [0.3, 0.4) is 0 Å². The van der Waals surface area contributed by atoms with E-state index < -0.39 is 0 Å². The van der Waals surface area contributed by atoms with Crippen molar-refractivity contribution in [1.29, 1.82) is 0 Å². The SMILES string of the molecule is OCC1COC(=C2CCCCC2)O1. The second-order valence-electron chi connectivity index (χ2n) is 3.69. The molecule has 1 saturated carbocycles. The number of hydrogen-bond donors (Lipinski definition) is 1. The molecule has 0 bridgehead atoms. The fourth-order valence-corrected chi connectivity index (χ4v) is 1.85. The molecule has 0 aromatic heterocycles. The molecule has 1 saturated heterocycles. The van der Waals surface area contributed by atoms with Gasteiger partial charge in [-0.2, -0.15) is 0 Å². The van der Waals surface area contributed by atoms with Gasteiger partial charge in [-0.25, -0.2) is 0 Å². The minimum atomic E-state index is -0.135. The highest BCUT2D eigenvalue weighted by Crippen LogP contribution is 2.29. The second-order valence-corrected chi connectivity index (χ2v) is 3.69. The van der Waals surface area contributed by atoms with E-state index in [1.807, 2.05) is 0 Å². The van der Waals surface area contributed by atoms with Crippen LogP contribution in [0.2, 0.25) is 0 Å². The molecule has 2 aliphatic rings. The molecule has 1 aliphatic carbocycles. The molecule has 1 N–H and O–H groups in total. The molecule has 13 heavy (non-hydrogen) atoms. The monoisotopic (exact) mass is 184 g/mol. The fraction of sp³-hybridized carbons (Fsp3) is 0.800. The molecule has 74 valence electrons. The topological polar surface area (TPSA) is 38.7 Å². The zero-order chi connectivity index (χ0) is 9.10. The van der Waals surface area contributed by atoms with Crippen LogP contribution in [0.4, 0.5) is 0 Å². The Balaban J connectivity index is 1.98. The van der Waals surface area contributed by atoms with Gasteiger partial charge in [-0.3, -0.25) is 0 Å². The first-order valence-electron chi connectivity index (χ1n) is 5.02.